The molecule has 4 heterocycles. The molecular formula is C46H25N5S2. The number of hydrogen-bond acceptors (Lipinski definition) is 6. The summed E-state index contributed by atoms with van der Waals surface area (Å²) >= 11 is 3.80. The van der Waals surface area contributed by atoms with Crippen LogP contribution < -0.4 is 0 Å². The summed E-state index contributed by atoms with van der Waals surface area (Å²) < 4.78 is 7.75. The highest BCUT2D eigenvalue weighted by Gasteiger charge is 2.24. The van der Waals surface area contributed by atoms with E-state index in [0.717, 1.165) is 22.4 Å². The van der Waals surface area contributed by atoms with Gasteiger partial charge in [0.25, 0.3) is 0 Å². The number of aromatic nitrogens is 4. The van der Waals surface area contributed by atoms with Crippen molar-refractivity contribution in [3.8, 4) is 45.9 Å². The maximum atomic E-state index is 9.37. The smallest absolute Gasteiger partial charge is 0.164 e. The van der Waals surface area contributed by atoms with Crippen molar-refractivity contribution in [1.82, 2.24) is 19.5 Å². The molecule has 0 radical (unpaired) electrons. The van der Waals surface area contributed by atoms with Gasteiger partial charge in [-0.3, -0.25) is 0 Å². The molecular weight excluding hydrogens is 687 g/mol. The molecule has 7 aromatic carbocycles. The van der Waals surface area contributed by atoms with Crippen molar-refractivity contribution in [3.63, 3.8) is 0 Å². The lowest BCUT2D eigenvalue weighted by Gasteiger charge is -2.12. The van der Waals surface area contributed by atoms with Crippen LogP contribution in [-0.4, -0.2) is 19.5 Å². The van der Waals surface area contributed by atoms with Crippen molar-refractivity contribution < 1.29 is 0 Å². The molecule has 5 nitrogen and oxygen atoms in total. The Hall–Kier alpha value is -6.72. The predicted molar refractivity (Wildman–Crippen MR) is 221 cm³/mol. The van der Waals surface area contributed by atoms with Crippen molar-refractivity contribution in [2.75, 3.05) is 0 Å². The molecule has 53 heavy (non-hydrogen) atoms. The van der Waals surface area contributed by atoms with E-state index in [1.54, 1.807) is 12.1 Å². The summed E-state index contributed by atoms with van der Waals surface area (Å²) in [5, 5.41) is 17.1. The second kappa shape index (κ2) is 11.7. The predicted octanol–water partition coefficient (Wildman–Crippen LogP) is 12.6. The molecule has 0 saturated heterocycles. The van der Waals surface area contributed by atoms with E-state index < -0.39 is 0 Å². The minimum absolute atomic E-state index is 0.559. The summed E-state index contributed by atoms with van der Waals surface area (Å²) in [6, 6.07) is 54.6. The van der Waals surface area contributed by atoms with Gasteiger partial charge >= 0.3 is 0 Å². The van der Waals surface area contributed by atoms with Crippen LogP contribution in [0.5, 0.6) is 0 Å². The number of para-hydroxylation sites is 1. The third-order valence-corrected chi connectivity index (χ3v) is 12.6. The molecule has 11 rings (SSSR count). The normalized spacial score (nSPS) is 11.8. The summed E-state index contributed by atoms with van der Waals surface area (Å²) in [6.45, 7) is 0. The number of thiophene rings is 2. The molecule has 0 amide bonds. The number of nitrogens with zero attached hydrogens (tertiary/aromatic N) is 5. The fraction of sp³-hybridized carbons (Fsp3) is 0. The van der Waals surface area contributed by atoms with Crippen LogP contribution in [0.25, 0.3) is 102 Å². The zero-order valence-corrected chi connectivity index (χ0v) is 29.6. The van der Waals surface area contributed by atoms with Gasteiger partial charge in [0.2, 0.25) is 0 Å². The molecule has 0 aliphatic heterocycles. The van der Waals surface area contributed by atoms with E-state index in [-0.39, 0.29) is 0 Å². The standard InChI is InChI=1S/C46H25N5S2/c47-26-27-18-20-29(21-19-27)45-48-44(28-10-2-1-3-11-28)49-46(50-45)30-22-24-31(25-23-30)51-35-15-7-4-12-32(35)38-39-33-13-5-8-16-36(33)52-42(39)43-40(41(38)51)34-14-6-9-17-37(34)53-43/h1-25H. The third-order valence-electron chi connectivity index (χ3n) is 10.1. The summed E-state index contributed by atoms with van der Waals surface area (Å²) in [7, 11) is 0. The van der Waals surface area contributed by atoms with Gasteiger partial charge in [0, 0.05) is 64.1 Å². The molecule has 0 bridgehead atoms. The van der Waals surface area contributed by atoms with Crippen molar-refractivity contribution in [1.29, 1.82) is 5.26 Å². The van der Waals surface area contributed by atoms with Crippen molar-refractivity contribution in [2.24, 2.45) is 0 Å². The van der Waals surface area contributed by atoms with E-state index in [9.17, 15) is 5.26 Å². The lowest BCUT2D eigenvalue weighted by Crippen LogP contribution is -2.00. The summed E-state index contributed by atoms with van der Waals surface area (Å²) in [4.78, 5) is 14.8. The number of hydrogen-bond donors (Lipinski definition) is 0. The van der Waals surface area contributed by atoms with Crippen molar-refractivity contribution in [3.05, 3.63) is 157 Å². The Kier molecular flexibility index (Phi) is 6.59. The quantitative estimate of drug-likeness (QED) is 0.182. The SMILES string of the molecule is N#Cc1ccc(-c2nc(-c3ccccc3)nc(-c3ccc(-n4c5ccccc5c5c6c7ccccc7sc6c6sc7ccccc7c6c54)cc3)n2)cc1. The molecule has 246 valence electrons. The van der Waals surface area contributed by atoms with Crippen LogP contribution in [0.1, 0.15) is 5.56 Å². The van der Waals surface area contributed by atoms with E-state index in [2.05, 4.69) is 108 Å². The third kappa shape index (κ3) is 4.57. The second-order valence-electron chi connectivity index (χ2n) is 13.1. The molecule has 0 atom stereocenters. The molecule has 0 aliphatic carbocycles. The van der Waals surface area contributed by atoms with Gasteiger partial charge in [0.05, 0.1) is 32.1 Å². The highest BCUT2D eigenvalue weighted by atomic mass is 32.1. The Morgan fingerprint density at radius 1 is 0.453 bits per heavy atom. The monoisotopic (exact) mass is 711 g/mol. The molecule has 0 unspecified atom stereocenters. The minimum atomic E-state index is 0.559. The number of fused-ring (bicyclic) bond motifs is 12. The molecule has 4 aromatic heterocycles. The van der Waals surface area contributed by atoms with Gasteiger partial charge in [-0.15, -0.1) is 22.7 Å². The first-order valence-corrected chi connectivity index (χ1v) is 19.0. The first-order valence-electron chi connectivity index (χ1n) is 17.3. The van der Waals surface area contributed by atoms with E-state index >= 15 is 0 Å². The van der Waals surface area contributed by atoms with Gasteiger partial charge in [-0.05, 0) is 66.7 Å². The van der Waals surface area contributed by atoms with Gasteiger partial charge in [-0.25, -0.2) is 15.0 Å². The first kappa shape index (κ1) is 30.0. The van der Waals surface area contributed by atoms with Gasteiger partial charge < -0.3 is 4.57 Å². The average molecular weight is 712 g/mol. The fourth-order valence-corrected chi connectivity index (χ4v) is 10.3. The largest absolute Gasteiger partial charge is 0.309 e. The molecule has 0 saturated carbocycles. The van der Waals surface area contributed by atoms with Gasteiger partial charge in [-0.2, -0.15) is 5.26 Å². The second-order valence-corrected chi connectivity index (χ2v) is 15.2. The van der Waals surface area contributed by atoms with Gasteiger partial charge in [0.15, 0.2) is 17.5 Å². The zero-order chi connectivity index (χ0) is 35.0. The lowest BCUT2D eigenvalue weighted by atomic mass is 10.0. The highest BCUT2D eigenvalue weighted by molar-refractivity contribution is 7.33. The van der Waals surface area contributed by atoms with Crippen LogP contribution in [0.3, 0.4) is 0 Å². The molecule has 0 aliphatic rings. The van der Waals surface area contributed by atoms with Crippen LogP contribution >= 0.6 is 22.7 Å². The van der Waals surface area contributed by atoms with Crippen molar-refractivity contribution in [2.45, 2.75) is 0 Å². The van der Waals surface area contributed by atoms with Crippen LogP contribution in [0.4, 0.5) is 0 Å². The Morgan fingerprint density at radius 3 is 1.57 bits per heavy atom. The maximum absolute atomic E-state index is 9.37. The fourth-order valence-electron chi connectivity index (χ4n) is 7.70. The summed E-state index contributed by atoms with van der Waals surface area (Å²) in [6.07, 6.45) is 0. The molecule has 0 fully saturated rings. The van der Waals surface area contributed by atoms with E-state index in [1.807, 2.05) is 65.1 Å². The van der Waals surface area contributed by atoms with Crippen LogP contribution in [-0.2, 0) is 0 Å². The van der Waals surface area contributed by atoms with Gasteiger partial charge in [0.1, 0.15) is 0 Å². The number of benzene rings is 7. The Labute approximate surface area is 311 Å². The Bertz CT molecular complexity index is 3280. The number of nitriles is 1. The topological polar surface area (TPSA) is 67.4 Å². The summed E-state index contributed by atoms with van der Waals surface area (Å²) in [5.74, 6) is 1.74. The summed E-state index contributed by atoms with van der Waals surface area (Å²) in [5.41, 5.74) is 6.69. The van der Waals surface area contributed by atoms with Crippen LogP contribution in [0, 0.1) is 11.3 Å². The van der Waals surface area contributed by atoms with Crippen LogP contribution in [0.15, 0.2) is 152 Å². The van der Waals surface area contributed by atoms with E-state index in [0.29, 0.717) is 23.0 Å². The molecule has 11 aromatic rings. The highest BCUT2D eigenvalue weighted by Crippen LogP contribution is 2.52. The van der Waals surface area contributed by atoms with Crippen molar-refractivity contribution >= 4 is 84.8 Å². The average Bonchev–Trinajstić information content (AvgIpc) is 3.91. The zero-order valence-electron chi connectivity index (χ0n) is 28.0. The molecule has 0 N–H and O–H groups in total. The Morgan fingerprint density at radius 2 is 0.943 bits per heavy atom. The van der Waals surface area contributed by atoms with E-state index in [4.69, 9.17) is 15.0 Å². The lowest BCUT2D eigenvalue weighted by molar-refractivity contribution is 1.07. The minimum Gasteiger partial charge on any atom is -0.309 e. The van der Waals surface area contributed by atoms with Crippen LogP contribution in [0.2, 0.25) is 0 Å². The Balaban J connectivity index is 1.16. The number of rotatable bonds is 4. The maximum Gasteiger partial charge on any atom is 0.164 e. The first-order chi connectivity index (χ1) is 26.2. The molecule has 0 spiro atoms. The van der Waals surface area contributed by atoms with E-state index in [1.165, 1.54) is 62.2 Å². The molecule has 7 heteroatoms. The van der Waals surface area contributed by atoms with Gasteiger partial charge in [-0.1, -0.05) is 84.9 Å².